The number of hydrogen-bond donors (Lipinski definition) is 5. The summed E-state index contributed by atoms with van der Waals surface area (Å²) in [5.74, 6) is 0.516. The van der Waals surface area contributed by atoms with Gasteiger partial charge in [0, 0.05) is 0 Å². The molecule has 0 saturated carbocycles. The van der Waals surface area contributed by atoms with Gasteiger partial charge in [0.1, 0.15) is 6.10 Å². The van der Waals surface area contributed by atoms with Gasteiger partial charge in [-0.3, -0.25) is 0 Å². The second-order valence-corrected chi connectivity index (χ2v) is 4.31. The number of aliphatic hydroxyl groups excluding tert-OH is 2. The van der Waals surface area contributed by atoms with Crippen LogP contribution in [0.5, 0.6) is 0 Å². The summed E-state index contributed by atoms with van der Waals surface area (Å²) in [6, 6.07) is 3.30. The number of rotatable bonds is 4. The normalized spacial score (nSPS) is 14.8. The zero-order valence-electron chi connectivity index (χ0n) is 9.22. The van der Waals surface area contributed by atoms with Gasteiger partial charge in [-0.05, 0) is 42.4 Å². The summed E-state index contributed by atoms with van der Waals surface area (Å²) in [6.45, 7) is 1.82. The summed E-state index contributed by atoms with van der Waals surface area (Å²) in [5, 5.41) is 19.6. The second-order valence-electron chi connectivity index (χ2n) is 3.86. The summed E-state index contributed by atoms with van der Waals surface area (Å²) in [7, 11) is 0. The molecule has 4 nitrogen and oxygen atoms in total. The first kappa shape index (κ1) is 13.2. The molecule has 0 fully saturated rings. The fraction of sp³-hybridized carbons (Fsp3) is 0.455. The van der Waals surface area contributed by atoms with Gasteiger partial charge in [0.15, 0.2) is 0 Å². The lowest BCUT2D eigenvalue weighted by atomic mass is 9.97. The Balaban J connectivity index is 2.99. The van der Waals surface area contributed by atoms with Crippen molar-refractivity contribution in [1.82, 2.24) is 0 Å². The number of nitrogens with two attached hydrogens (primary N) is 2. The molecule has 1 aromatic rings. The zero-order chi connectivity index (χ0) is 12.3. The van der Waals surface area contributed by atoms with Crippen molar-refractivity contribution in [1.29, 1.82) is 0 Å². The van der Waals surface area contributed by atoms with Crippen molar-refractivity contribution < 1.29 is 10.2 Å². The highest BCUT2D eigenvalue weighted by atomic mass is 32.1. The van der Waals surface area contributed by atoms with Crippen LogP contribution in [-0.2, 0) is 0 Å². The van der Waals surface area contributed by atoms with Crippen LogP contribution in [0, 0.1) is 6.92 Å². The van der Waals surface area contributed by atoms with E-state index in [1.807, 2.05) is 6.92 Å². The molecule has 2 atom stereocenters. The molecular formula is C11H18N2O2S. The Morgan fingerprint density at radius 1 is 1.25 bits per heavy atom. The van der Waals surface area contributed by atoms with E-state index in [0.717, 1.165) is 5.56 Å². The first-order chi connectivity index (χ1) is 7.47. The van der Waals surface area contributed by atoms with Gasteiger partial charge in [-0.2, -0.15) is 12.6 Å². The van der Waals surface area contributed by atoms with Crippen LogP contribution in [0.4, 0.5) is 11.4 Å². The Morgan fingerprint density at radius 2 is 1.81 bits per heavy atom. The minimum absolute atomic E-state index is 0.415. The molecule has 0 radical (unpaired) electrons. The molecule has 0 aliphatic carbocycles. The standard InChI is InChI=1S/C11H18N2O2S/c1-6-4-8(12)9(13)5-7(6)11(15)10(14)2-3-16/h4-5,10-11,14-16H,2-3,12-13H2,1H3. The number of thiol groups is 1. The monoisotopic (exact) mass is 242 g/mol. The molecule has 5 heteroatoms. The van der Waals surface area contributed by atoms with E-state index in [9.17, 15) is 10.2 Å². The lowest BCUT2D eigenvalue weighted by Crippen LogP contribution is -2.20. The van der Waals surface area contributed by atoms with Crippen LogP contribution in [0.2, 0.25) is 0 Å². The molecule has 1 aromatic carbocycles. The van der Waals surface area contributed by atoms with Crippen molar-refractivity contribution in [2.75, 3.05) is 17.2 Å². The molecule has 0 aliphatic heterocycles. The Bertz CT molecular complexity index is 371. The SMILES string of the molecule is Cc1cc(N)c(N)cc1C(O)C(O)CCS. The summed E-state index contributed by atoms with van der Waals surface area (Å²) < 4.78 is 0. The van der Waals surface area contributed by atoms with Crippen LogP contribution in [-0.4, -0.2) is 22.1 Å². The van der Waals surface area contributed by atoms with E-state index in [1.54, 1.807) is 12.1 Å². The Morgan fingerprint density at radius 3 is 2.38 bits per heavy atom. The minimum atomic E-state index is -0.949. The predicted molar refractivity (Wildman–Crippen MR) is 69.4 cm³/mol. The second kappa shape index (κ2) is 5.43. The van der Waals surface area contributed by atoms with Gasteiger partial charge in [-0.25, -0.2) is 0 Å². The maximum absolute atomic E-state index is 9.94. The van der Waals surface area contributed by atoms with Crippen molar-refractivity contribution >= 4 is 24.0 Å². The van der Waals surface area contributed by atoms with E-state index >= 15 is 0 Å². The predicted octanol–water partition coefficient (Wildman–Crippen LogP) is 0.874. The zero-order valence-corrected chi connectivity index (χ0v) is 10.1. The van der Waals surface area contributed by atoms with Crippen LogP contribution in [0.15, 0.2) is 12.1 Å². The fourth-order valence-corrected chi connectivity index (χ4v) is 1.85. The molecule has 2 unspecified atom stereocenters. The van der Waals surface area contributed by atoms with Crippen molar-refractivity contribution in [3.63, 3.8) is 0 Å². The lowest BCUT2D eigenvalue weighted by molar-refractivity contribution is 0.0169. The third-order valence-electron chi connectivity index (χ3n) is 2.58. The molecule has 0 bridgehead atoms. The van der Waals surface area contributed by atoms with Gasteiger partial charge in [-0.1, -0.05) is 0 Å². The van der Waals surface area contributed by atoms with E-state index < -0.39 is 12.2 Å². The molecule has 0 saturated heterocycles. The van der Waals surface area contributed by atoms with Crippen LogP contribution in [0.25, 0.3) is 0 Å². The van der Waals surface area contributed by atoms with Gasteiger partial charge < -0.3 is 21.7 Å². The Hall–Kier alpha value is -0.910. The van der Waals surface area contributed by atoms with Crippen LogP contribution in [0.3, 0.4) is 0 Å². The lowest BCUT2D eigenvalue weighted by Gasteiger charge is -2.20. The van der Waals surface area contributed by atoms with Crippen LogP contribution < -0.4 is 11.5 Å². The average molecular weight is 242 g/mol. The van der Waals surface area contributed by atoms with Gasteiger partial charge in [0.25, 0.3) is 0 Å². The number of hydrogen-bond acceptors (Lipinski definition) is 5. The van der Waals surface area contributed by atoms with Crippen LogP contribution >= 0.6 is 12.6 Å². The Kier molecular flexibility index (Phi) is 4.46. The molecule has 16 heavy (non-hydrogen) atoms. The van der Waals surface area contributed by atoms with E-state index in [1.165, 1.54) is 0 Å². The van der Waals surface area contributed by atoms with Crippen LogP contribution in [0.1, 0.15) is 23.7 Å². The molecular weight excluding hydrogens is 224 g/mol. The molecule has 1 rings (SSSR count). The molecule has 0 heterocycles. The van der Waals surface area contributed by atoms with Gasteiger partial charge >= 0.3 is 0 Å². The van der Waals surface area contributed by atoms with E-state index in [2.05, 4.69) is 12.6 Å². The molecule has 90 valence electrons. The molecule has 6 N–H and O–H groups in total. The minimum Gasteiger partial charge on any atom is -0.397 e. The maximum Gasteiger partial charge on any atom is 0.105 e. The van der Waals surface area contributed by atoms with Gasteiger partial charge in [-0.15, -0.1) is 0 Å². The third kappa shape index (κ3) is 2.81. The first-order valence-electron chi connectivity index (χ1n) is 5.09. The van der Waals surface area contributed by atoms with E-state index in [4.69, 9.17) is 11.5 Å². The first-order valence-corrected chi connectivity index (χ1v) is 5.73. The summed E-state index contributed by atoms with van der Waals surface area (Å²) >= 11 is 4.01. The summed E-state index contributed by atoms with van der Waals surface area (Å²) in [4.78, 5) is 0. The molecule has 0 aliphatic rings. The number of nitrogen functional groups attached to an aromatic ring is 2. The smallest absolute Gasteiger partial charge is 0.105 e. The Labute approximate surface area is 101 Å². The quantitative estimate of drug-likeness (QED) is 0.400. The number of aliphatic hydroxyl groups is 2. The van der Waals surface area contributed by atoms with Crippen molar-refractivity contribution in [3.8, 4) is 0 Å². The topological polar surface area (TPSA) is 92.5 Å². The maximum atomic E-state index is 9.94. The number of aryl methyl sites for hydroxylation is 1. The molecule has 0 aromatic heterocycles. The van der Waals surface area contributed by atoms with Gasteiger partial charge in [0.05, 0.1) is 17.5 Å². The van der Waals surface area contributed by atoms with Gasteiger partial charge in [0.2, 0.25) is 0 Å². The third-order valence-corrected chi connectivity index (χ3v) is 2.84. The largest absolute Gasteiger partial charge is 0.397 e. The highest BCUT2D eigenvalue weighted by Crippen LogP contribution is 2.28. The van der Waals surface area contributed by atoms with Crippen molar-refractivity contribution in [2.45, 2.75) is 25.6 Å². The molecule has 0 amide bonds. The van der Waals surface area contributed by atoms with Crippen molar-refractivity contribution in [3.05, 3.63) is 23.3 Å². The summed E-state index contributed by atoms with van der Waals surface area (Å²) in [5.41, 5.74) is 13.6. The number of anilines is 2. The number of benzene rings is 1. The van der Waals surface area contributed by atoms with E-state index in [-0.39, 0.29) is 0 Å². The average Bonchev–Trinajstić information content (AvgIpc) is 2.23. The van der Waals surface area contributed by atoms with E-state index in [0.29, 0.717) is 29.1 Å². The van der Waals surface area contributed by atoms with Crippen molar-refractivity contribution in [2.24, 2.45) is 0 Å². The molecule has 0 spiro atoms. The summed E-state index contributed by atoms with van der Waals surface area (Å²) in [6.07, 6.45) is -1.36. The highest BCUT2D eigenvalue weighted by Gasteiger charge is 2.20. The fourth-order valence-electron chi connectivity index (χ4n) is 1.58. The highest BCUT2D eigenvalue weighted by molar-refractivity contribution is 7.80.